The summed E-state index contributed by atoms with van der Waals surface area (Å²) in [6, 6.07) is 12.6. The average molecular weight is 391 g/mol. The van der Waals surface area contributed by atoms with E-state index in [9.17, 15) is 13.2 Å². The second-order valence-corrected chi connectivity index (χ2v) is 8.23. The van der Waals surface area contributed by atoms with Crippen LogP contribution >= 0.6 is 11.6 Å². The molecule has 2 aromatic rings. The Hall–Kier alpha value is -2.31. The first-order chi connectivity index (χ1) is 12.4. The largest absolute Gasteiger partial charge is 0.326 e. The van der Waals surface area contributed by atoms with E-state index in [-0.39, 0.29) is 16.7 Å². The molecule has 0 saturated carbocycles. The van der Waals surface area contributed by atoms with E-state index in [1.807, 2.05) is 6.08 Å². The first-order valence-corrected chi connectivity index (χ1v) is 10.1. The number of rotatable bonds is 5. The van der Waals surface area contributed by atoms with Gasteiger partial charge >= 0.3 is 0 Å². The van der Waals surface area contributed by atoms with Crippen LogP contribution in [-0.2, 0) is 14.8 Å². The number of hydrogen-bond acceptors (Lipinski definition) is 3. The standard InChI is InChI=1S/C19H19ClN2O3S/c20-15-9-11-16(12-10-15)22-26(24,25)18-8-4-7-17(13-18)21-19(23)14-5-2-1-3-6-14/h1-2,4,7-14,22H,3,5-6H2,(H,21,23). The molecule has 0 saturated heterocycles. The Bertz CT molecular complexity index is 924. The molecule has 136 valence electrons. The van der Waals surface area contributed by atoms with E-state index in [2.05, 4.69) is 16.1 Å². The number of hydrogen-bond donors (Lipinski definition) is 2. The van der Waals surface area contributed by atoms with Crippen molar-refractivity contribution in [3.63, 3.8) is 0 Å². The summed E-state index contributed by atoms with van der Waals surface area (Å²) in [7, 11) is -3.76. The molecule has 5 nitrogen and oxygen atoms in total. The highest BCUT2D eigenvalue weighted by Gasteiger charge is 2.20. The Balaban J connectivity index is 1.74. The summed E-state index contributed by atoms with van der Waals surface area (Å²) in [6.45, 7) is 0. The minimum Gasteiger partial charge on any atom is -0.326 e. The quantitative estimate of drug-likeness (QED) is 0.741. The summed E-state index contributed by atoms with van der Waals surface area (Å²) in [5.41, 5.74) is 0.876. The van der Waals surface area contributed by atoms with Crippen molar-refractivity contribution in [3.8, 4) is 0 Å². The average Bonchev–Trinajstić information content (AvgIpc) is 2.64. The summed E-state index contributed by atoms with van der Waals surface area (Å²) in [5, 5.41) is 3.34. The van der Waals surface area contributed by atoms with Crippen LogP contribution in [-0.4, -0.2) is 14.3 Å². The van der Waals surface area contributed by atoms with Gasteiger partial charge in [-0.05, 0) is 61.7 Å². The lowest BCUT2D eigenvalue weighted by Crippen LogP contribution is -2.23. The van der Waals surface area contributed by atoms with E-state index in [1.54, 1.807) is 36.4 Å². The fourth-order valence-electron chi connectivity index (χ4n) is 2.75. The second kappa shape index (κ2) is 7.93. The normalized spacial score (nSPS) is 16.9. The number of anilines is 2. The Morgan fingerprint density at radius 3 is 2.50 bits per heavy atom. The number of halogens is 1. The van der Waals surface area contributed by atoms with Crippen molar-refractivity contribution in [2.45, 2.75) is 24.2 Å². The summed E-state index contributed by atoms with van der Waals surface area (Å²) in [4.78, 5) is 12.4. The Morgan fingerprint density at radius 2 is 1.81 bits per heavy atom. The topological polar surface area (TPSA) is 75.3 Å². The maximum Gasteiger partial charge on any atom is 0.261 e. The van der Waals surface area contributed by atoms with E-state index < -0.39 is 10.0 Å². The van der Waals surface area contributed by atoms with Gasteiger partial charge in [-0.15, -0.1) is 0 Å². The van der Waals surface area contributed by atoms with Crippen LogP contribution in [0, 0.1) is 5.92 Å². The Kier molecular flexibility index (Phi) is 5.64. The summed E-state index contributed by atoms with van der Waals surface area (Å²) >= 11 is 5.81. The smallest absolute Gasteiger partial charge is 0.261 e. The molecule has 0 spiro atoms. The minimum absolute atomic E-state index is 0.0764. The van der Waals surface area contributed by atoms with Crippen molar-refractivity contribution < 1.29 is 13.2 Å². The van der Waals surface area contributed by atoms with Crippen LogP contribution in [0.15, 0.2) is 65.6 Å². The fourth-order valence-corrected chi connectivity index (χ4v) is 3.98. The molecule has 1 atom stereocenters. The molecule has 0 aromatic heterocycles. The fraction of sp³-hybridized carbons (Fsp3) is 0.211. The molecule has 2 N–H and O–H groups in total. The van der Waals surface area contributed by atoms with E-state index in [0.717, 1.165) is 12.8 Å². The predicted octanol–water partition coefficient (Wildman–Crippen LogP) is 4.44. The van der Waals surface area contributed by atoms with Gasteiger partial charge in [0, 0.05) is 22.3 Å². The third-order valence-corrected chi connectivity index (χ3v) is 5.78. The highest BCUT2D eigenvalue weighted by atomic mass is 35.5. The second-order valence-electron chi connectivity index (χ2n) is 6.11. The molecule has 1 amide bonds. The van der Waals surface area contributed by atoms with Crippen LogP contribution in [0.25, 0.3) is 0 Å². The van der Waals surface area contributed by atoms with Gasteiger partial charge in [-0.1, -0.05) is 29.8 Å². The van der Waals surface area contributed by atoms with Crippen LogP contribution in [0.3, 0.4) is 0 Å². The zero-order valence-corrected chi connectivity index (χ0v) is 15.6. The maximum absolute atomic E-state index is 12.6. The number of sulfonamides is 1. The zero-order valence-electron chi connectivity index (χ0n) is 14.0. The predicted molar refractivity (Wildman–Crippen MR) is 104 cm³/mol. The monoisotopic (exact) mass is 390 g/mol. The van der Waals surface area contributed by atoms with Gasteiger partial charge in [-0.25, -0.2) is 8.42 Å². The number of carbonyl (C=O) groups excluding carboxylic acids is 1. The molecule has 1 aliphatic carbocycles. The third-order valence-electron chi connectivity index (χ3n) is 4.15. The minimum atomic E-state index is -3.76. The molecule has 0 heterocycles. The summed E-state index contributed by atoms with van der Waals surface area (Å²) in [5.74, 6) is -0.165. The molecule has 2 aromatic carbocycles. The summed E-state index contributed by atoms with van der Waals surface area (Å²) in [6.07, 6.45) is 6.47. The van der Waals surface area contributed by atoms with Gasteiger partial charge in [-0.3, -0.25) is 9.52 Å². The summed E-state index contributed by atoms with van der Waals surface area (Å²) < 4.78 is 27.6. The lowest BCUT2D eigenvalue weighted by atomic mass is 9.93. The maximum atomic E-state index is 12.6. The van der Waals surface area contributed by atoms with E-state index in [4.69, 9.17) is 11.6 Å². The van der Waals surface area contributed by atoms with Crippen molar-refractivity contribution in [1.82, 2.24) is 0 Å². The van der Waals surface area contributed by atoms with Crippen LogP contribution in [0.5, 0.6) is 0 Å². The molecule has 3 rings (SSSR count). The molecule has 0 aliphatic heterocycles. The molecular weight excluding hydrogens is 372 g/mol. The van der Waals surface area contributed by atoms with Gasteiger partial charge in [-0.2, -0.15) is 0 Å². The Labute approximate surface area is 158 Å². The molecule has 26 heavy (non-hydrogen) atoms. The van der Waals surface area contributed by atoms with Gasteiger partial charge in [0.15, 0.2) is 0 Å². The SMILES string of the molecule is O=C(Nc1cccc(S(=O)(=O)Nc2ccc(Cl)cc2)c1)C1CC=CCC1. The van der Waals surface area contributed by atoms with E-state index in [0.29, 0.717) is 22.8 Å². The van der Waals surface area contributed by atoms with E-state index in [1.165, 1.54) is 12.1 Å². The first kappa shape index (κ1) is 18.5. The molecular formula is C19H19ClN2O3S. The lowest BCUT2D eigenvalue weighted by Gasteiger charge is -2.17. The highest BCUT2D eigenvalue weighted by molar-refractivity contribution is 7.92. The van der Waals surface area contributed by atoms with Crippen molar-refractivity contribution in [3.05, 3.63) is 65.7 Å². The number of carbonyl (C=O) groups is 1. The van der Waals surface area contributed by atoms with Gasteiger partial charge < -0.3 is 5.32 Å². The third kappa shape index (κ3) is 4.65. The van der Waals surface area contributed by atoms with Crippen LogP contribution in [0.4, 0.5) is 11.4 Å². The molecule has 0 radical (unpaired) electrons. The Morgan fingerprint density at radius 1 is 1.04 bits per heavy atom. The molecule has 1 unspecified atom stereocenters. The van der Waals surface area contributed by atoms with Crippen molar-refractivity contribution >= 4 is 38.9 Å². The molecule has 0 fully saturated rings. The molecule has 1 aliphatic rings. The van der Waals surface area contributed by atoms with Gasteiger partial charge in [0.25, 0.3) is 10.0 Å². The van der Waals surface area contributed by atoms with Gasteiger partial charge in [0.1, 0.15) is 0 Å². The highest BCUT2D eigenvalue weighted by Crippen LogP contribution is 2.23. The van der Waals surface area contributed by atoms with Gasteiger partial charge in [0.2, 0.25) is 5.91 Å². The van der Waals surface area contributed by atoms with Crippen LogP contribution in [0.1, 0.15) is 19.3 Å². The first-order valence-electron chi connectivity index (χ1n) is 8.28. The number of benzene rings is 2. The lowest BCUT2D eigenvalue weighted by molar-refractivity contribution is -0.120. The van der Waals surface area contributed by atoms with Crippen molar-refractivity contribution in [2.75, 3.05) is 10.0 Å². The van der Waals surface area contributed by atoms with Gasteiger partial charge in [0.05, 0.1) is 4.90 Å². The van der Waals surface area contributed by atoms with E-state index >= 15 is 0 Å². The van der Waals surface area contributed by atoms with Crippen LogP contribution < -0.4 is 10.0 Å². The number of amides is 1. The molecule has 0 bridgehead atoms. The van der Waals surface area contributed by atoms with Crippen LogP contribution in [0.2, 0.25) is 5.02 Å². The number of nitrogens with one attached hydrogen (secondary N) is 2. The molecule has 7 heteroatoms. The van der Waals surface area contributed by atoms with Crippen molar-refractivity contribution in [1.29, 1.82) is 0 Å². The van der Waals surface area contributed by atoms with Crippen molar-refractivity contribution in [2.24, 2.45) is 5.92 Å². The number of allylic oxidation sites excluding steroid dienone is 2. The zero-order chi connectivity index (χ0) is 18.6.